The largest absolute Gasteiger partial charge is 0.488 e. The van der Waals surface area contributed by atoms with Crippen molar-refractivity contribution in [3.63, 3.8) is 0 Å². The number of ether oxygens (including phenoxy) is 1. The molecule has 0 radical (unpaired) electrons. The molecule has 10 heteroatoms. The van der Waals surface area contributed by atoms with Crippen LogP contribution < -0.4 is 21.1 Å². The quantitative estimate of drug-likeness (QED) is 0.252. The van der Waals surface area contributed by atoms with Crippen molar-refractivity contribution >= 4 is 34.8 Å². The molecule has 1 aliphatic heterocycles. The van der Waals surface area contributed by atoms with Crippen LogP contribution in [-0.4, -0.2) is 71.5 Å². The molecule has 0 saturated heterocycles. The predicted octanol–water partition coefficient (Wildman–Crippen LogP) is 4.15. The highest BCUT2D eigenvalue weighted by atomic mass is 16.5. The zero-order valence-electron chi connectivity index (χ0n) is 26.2. The number of nitrogens with two attached hydrogens (primary N) is 1. The molecule has 5 rings (SSSR count). The molecule has 10 nitrogen and oxygen atoms in total. The lowest BCUT2D eigenvalue weighted by molar-refractivity contribution is -0.134. The lowest BCUT2D eigenvalue weighted by atomic mass is 10.0. The van der Waals surface area contributed by atoms with Crippen molar-refractivity contribution in [2.24, 2.45) is 11.8 Å². The van der Waals surface area contributed by atoms with Gasteiger partial charge in [0.2, 0.25) is 11.8 Å². The Hall–Kier alpha value is -4.41. The maximum atomic E-state index is 13.5. The van der Waals surface area contributed by atoms with Gasteiger partial charge >= 0.3 is 0 Å². The highest BCUT2D eigenvalue weighted by Crippen LogP contribution is 2.32. The Morgan fingerprint density at radius 1 is 1.09 bits per heavy atom. The number of nitrogens with one attached hydrogen (secondary N) is 2. The Kier molecular flexibility index (Phi) is 10.0. The standard InChI is InChI=1S/C35H43N5O5/c1-22-18-40(23(2)21-41)33(42)17-27-16-28(37-34(43)26-12-13-26)14-15-31(27)45-32(22)20-39(3)19-24-8-10-25(11-9-24)35(44)38-30-7-5-4-6-29(30)36/h4-11,14-16,22-23,26,32,41H,12-13,17-21,36H2,1-3H3,(H,37,43)(H,38,44)/t22-,23+,32-/m1/s1. The molecule has 238 valence electrons. The summed E-state index contributed by atoms with van der Waals surface area (Å²) in [5, 5.41) is 15.7. The Morgan fingerprint density at radius 2 is 1.82 bits per heavy atom. The van der Waals surface area contributed by atoms with Crippen molar-refractivity contribution in [1.29, 1.82) is 0 Å². The van der Waals surface area contributed by atoms with Crippen LogP contribution in [0.3, 0.4) is 0 Å². The number of hydrogen-bond acceptors (Lipinski definition) is 7. The van der Waals surface area contributed by atoms with Gasteiger partial charge in [-0.15, -0.1) is 0 Å². The van der Waals surface area contributed by atoms with Gasteiger partial charge in [0.15, 0.2) is 0 Å². The molecule has 2 aliphatic rings. The number of nitrogen functional groups attached to an aromatic ring is 1. The monoisotopic (exact) mass is 613 g/mol. The van der Waals surface area contributed by atoms with Crippen LogP contribution in [0.1, 0.15) is 48.2 Å². The first kappa shape index (κ1) is 32.0. The number of aliphatic hydroxyl groups excluding tert-OH is 1. The molecule has 0 spiro atoms. The zero-order chi connectivity index (χ0) is 32.1. The second-order valence-electron chi connectivity index (χ2n) is 12.4. The molecular weight excluding hydrogens is 570 g/mol. The molecule has 0 aromatic heterocycles. The second-order valence-corrected chi connectivity index (χ2v) is 12.4. The van der Waals surface area contributed by atoms with Crippen LogP contribution in [0.5, 0.6) is 5.75 Å². The number of carbonyl (C=O) groups is 3. The van der Waals surface area contributed by atoms with E-state index >= 15 is 0 Å². The van der Waals surface area contributed by atoms with Crippen LogP contribution in [0.2, 0.25) is 0 Å². The van der Waals surface area contributed by atoms with Crippen molar-refractivity contribution in [3.8, 4) is 5.75 Å². The fraction of sp³-hybridized carbons (Fsp3) is 0.400. The average molecular weight is 614 g/mol. The highest BCUT2D eigenvalue weighted by molar-refractivity contribution is 6.05. The summed E-state index contributed by atoms with van der Waals surface area (Å²) in [5.41, 5.74) is 9.96. The lowest BCUT2D eigenvalue weighted by Gasteiger charge is -2.34. The number of carbonyl (C=O) groups excluding carboxylic acids is 3. The lowest BCUT2D eigenvalue weighted by Crippen LogP contribution is -2.47. The van der Waals surface area contributed by atoms with E-state index < -0.39 is 0 Å². The van der Waals surface area contributed by atoms with Gasteiger partial charge in [0, 0.05) is 48.3 Å². The van der Waals surface area contributed by atoms with Gasteiger partial charge in [-0.3, -0.25) is 19.3 Å². The number of amides is 3. The Morgan fingerprint density at radius 3 is 2.51 bits per heavy atom. The summed E-state index contributed by atoms with van der Waals surface area (Å²) in [4.78, 5) is 42.5. The fourth-order valence-corrected chi connectivity index (χ4v) is 5.57. The molecule has 1 heterocycles. The average Bonchev–Trinajstić information content (AvgIpc) is 3.87. The highest BCUT2D eigenvalue weighted by Gasteiger charge is 2.32. The summed E-state index contributed by atoms with van der Waals surface area (Å²) in [6, 6.07) is 19.8. The Labute approximate surface area is 264 Å². The number of benzene rings is 3. The Bertz CT molecular complexity index is 1520. The summed E-state index contributed by atoms with van der Waals surface area (Å²) < 4.78 is 6.63. The van der Waals surface area contributed by atoms with Gasteiger partial charge in [-0.1, -0.05) is 31.2 Å². The first-order valence-corrected chi connectivity index (χ1v) is 15.6. The number of fused-ring (bicyclic) bond motifs is 1. The molecule has 1 aliphatic carbocycles. The van der Waals surface area contributed by atoms with E-state index in [2.05, 4.69) is 22.5 Å². The smallest absolute Gasteiger partial charge is 0.255 e. The van der Waals surface area contributed by atoms with Crippen molar-refractivity contribution in [2.45, 2.75) is 51.8 Å². The van der Waals surface area contributed by atoms with Crippen molar-refractivity contribution in [3.05, 3.63) is 83.4 Å². The summed E-state index contributed by atoms with van der Waals surface area (Å²) in [5.74, 6) is 0.325. The molecule has 3 aromatic rings. The summed E-state index contributed by atoms with van der Waals surface area (Å²) in [6.07, 6.45) is 1.66. The molecule has 3 atom stereocenters. The van der Waals surface area contributed by atoms with Crippen LogP contribution in [0, 0.1) is 11.8 Å². The molecular formula is C35H43N5O5. The number of likely N-dealkylation sites (N-methyl/N-ethyl adjacent to an activating group) is 1. The van der Waals surface area contributed by atoms with Crippen LogP contribution >= 0.6 is 0 Å². The molecule has 1 fully saturated rings. The van der Waals surface area contributed by atoms with Crippen molar-refractivity contribution < 1.29 is 24.2 Å². The second kappa shape index (κ2) is 14.1. The number of hydrogen-bond donors (Lipinski definition) is 4. The number of nitrogens with zero attached hydrogens (tertiary/aromatic N) is 2. The van der Waals surface area contributed by atoms with Gasteiger partial charge in [-0.05, 0) is 74.8 Å². The van der Waals surface area contributed by atoms with Crippen molar-refractivity contribution in [1.82, 2.24) is 9.80 Å². The van der Waals surface area contributed by atoms with Gasteiger partial charge in [-0.25, -0.2) is 0 Å². The molecule has 3 amide bonds. The van der Waals surface area contributed by atoms with E-state index in [1.165, 1.54) is 0 Å². The Balaban J connectivity index is 1.29. The summed E-state index contributed by atoms with van der Waals surface area (Å²) in [7, 11) is 2.01. The fourth-order valence-electron chi connectivity index (χ4n) is 5.57. The van der Waals surface area contributed by atoms with Crippen LogP contribution in [0.15, 0.2) is 66.7 Å². The number of para-hydroxylation sites is 2. The molecule has 0 unspecified atom stereocenters. The predicted molar refractivity (Wildman–Crippen MR) is 175 cm³/mol. The molecule has 0 bridgehead atoms. The van der Waals surface area contributed by atoms with Gasteiger partial charge in [-0.2, -0.15) is 0 Å². The van der Waals surface area contributed by atoms with E-state index in [1.54, 1.807) is 29.2 Å². The molecule has 5 N–H and O–H groups in total. The molecule has 45 heavy (non-hydrogen) atoms. The SMILES string of the molecule is C[C@@H]1CN([C@@H](C)CO)C(=O)Cc2cc(NC(=O)C3CC3)ccc2O[C@@H]1CN(C)Cc1ccc(C(=O)Nc2ccccc2N)cc1. The van der Waals surface area contributed by atoms with Gasteiger partial charge in [0.05, 0.1) is 30.4 Å². The minimum absolute atomic E-state index is 0.00321. The first-order chi connectivity index (χ1) is 21.6. The summed E-state index contributed by atoms with van der Waals surface area (Å²) >= 11 is 0. The van der Waals surface area contributed by atoms with E-state index in [4.69, 9.17) is 10.5 Å². The van der Waals surface area contributed by atoms with Gasteiger partial charge < -0.3 is 31.1 Å². The first-order valence-electron chi connectivity index (χ1n) is 15.6. The van der Waals surface area contributed by atoms with E-state index in [9.17, 15) is 19.5 Å². The number of rotatable bonds is 10. The summed E-state index contributed by atoms with van der Waals surface area (Å²) in [6.45, 7) is 5.40. The minimum Gasteiger partial charge on any atom is -0.488 e. The van der Waals surface area contributed by atoms with E-state index in [0.29, 0.717) is 53.6 Å². The third-order valence-electron chi connectivity index (χ3n) is 8.50. The van der Waals surface area contributed by atoms with E-state index in [-0.39, 0.29) is 54.7 Å². The molecule has 3 aromatic carbocycles. The van der Waals surface area contributed by atoms with Gasteiger partial charge in [0.1, 0.15) is 11.9 Å². The maximum Gasteiger partial charge on any atom is 0.255 e. The maximum absolute atomic E-state index is 13.5. The zero-order valence-corrected chi connectivity index (χ0v) is 26.2. The van der Waals surface area contributed by atoms with E-state index in [1.807, 2.05) is 56.4 Å². The van der Waals surface area contributed by atoms with Crippen LogP contribution in [0.4, 0.5) is 17.1 Å². The van der Waals surface area contributed by atoms with Crippen LogP contribution in [0.25, 0.3) is 0 Å². The normalized spacial score (nSPS) is 19.0. The number of aliphatic hydroxyl groups is 1. The minimum atomic E-state index is -0.341. The van der Waals surface area contributed by atoms with E-state index in [0.717, 1.165) is 18.4 Å². The third kappa shape index (κ3) is 8.20. The topological polar surface area (TPSA) is 137 Å². The third-order valence-corrected chi connectivity index (χ3v) is 8.50. The number of anilines is 3. The molecule has 1 saturated carbocycles. The van der Waals surface area contributed by atoms with Gasteiger partial charge in [0.25, 0.3) is 5.91 Å². The van der Waals surface area contributed by atoms with Crippen molar-refractivity contribution in [2.75, 3.05) is 43.1 Å². The van der Waals surface area contributed by atoms with Crippen LogP contribution in [-0.2, 0) is 22.6 Å².